The molecule has 1 atom stereocenters. The summed E-state index contributed by atoms with van der Waals surface area (Å²) < 4.78 is 1.67. The number of aromatic nitrogens is 4. The van der Waals surface area contributed by atoms with Gasteiger partial charge in [-0.05, 0) is 43.0 Å². The number of Topliss-reactive ketones (excluding diaryl/α,β-unsaturated/α-hetero) is 1. The highest BCUT2D eigenvalue weighted by Gasteiger charge is 2.31. The van der Waals surface area contributed by atoms with Crippen LogP contribution in [0.3, 0.4) is 0 Å². The SMILES string of the molecule is Cc1c(Cl)cccc1Nc1nn(-c2ncccn2)c2c1C(=O)CC(C)C2. The molecule has 1 aliphatic carbocycles. The van der Waals surface area contributed by atoms with Crippen LogP contribution in [0.2, 0.25) is 5.02 Å². The van der Waals surface area contributed by atoms with E-state index in [2.05, 4.69) is 27.3 Å². The molecule has 1 N–H and O–H groups in total. The van der Waals surface area contributed by atoms with Crippen molar-refractivity contribution in [1.29, 1.82) is 0 Å². The van der Waals surface area contributed by atoms with Gasteiger partial charge in [0.25, 0.3) is 5.95 Å². The highest BCUT2D eigenvalue weighted by atomic mass is 35.5. The van der Waals surface area contributed by atoms with E-state index in [4.69, 9.17) is 11.6 Å². The van der Waals surface area contributed by atoms with Crippen LogP contribution in [0.15, 0.2) is 36.7 Å². The van der Waals surface area contributed by atoms with Gasteiger partial charge in [0.2, 0.25) is 0 Å². The van der Waals surface area contributed by atoms with E-state index >= 15 is 0 Å². The van der Waals surface area contributed by atoms with Crippen molar-refractivity contribution in [3.8, 4) is 5.95 Å². The predicted molar refractivity (Wildman–Crippen MR) is 100 cm³/mol. The second-order valence-corrected chi connectivity index (χ2v) is 7.01. The van der Waals surface area contributed by atoms with Crippen molar-refractivity contribution in [1.82, 2.24) is 19.7 Å². The number of halogens is 1. The third-order valence-corrected chi connectivity index (χ3v) is 5.01. The first kappa shape index (κ1) is 16.7. The predicted octanol–water partition coefficient (Wildman–Crippen LogP) is 4.13. The molecule has 2 aromatic heterocycles. The van der Waals surface area contributed by atoms with Crippen LogP contribution in [-0.2, 0) is 6.42 Å². The fourth-order valence-corrected chi connectivity index (χ4v) is 3.45. The topological polar surface area (TPSA) is 72.7 Å². The number of anilines is 2. The quantitative estimate of drug-likeness (QED) is 0.753. The van der Waals surface area contributed by atoms with E-state index < -0.39 is 0 Å². The maximum Gasteiger partial charge on any atom is 0.250 e. The summed E-state index contributed by atoms with van der Waals surface area (Å²) in [4.78, 5) is 21.3. The average Bonchev–Trinajstić information content (AvgIpc) is 2.98. The minimum absolute atomic E-state index is 0.0862. The first-order valence-corrected chi connectivity index (χ1v) is 8.87. The molecule has 1 aliphatic rings. The molecule has 26 heavy (non-hydrogen) atoms. The lowest BCUT2D eigenvalue weighted by atomic mass is 9.88. The lowest BCUT2D eigenvalue weighted by Crippen LogP contribution is -2.20. The van der Waals surface area contributed by atoms with Crippen molar-refractivity contribution >= 4 is 28.9 Å². The number of nitrogens with zero attached hydrogens (tertiary/aromatic N) is 4. The summed E-state index contributed by atoms with van der Waals surface area (Å²) in [5.74, 6) is 1.33. The Bertz CT molecular complexity index is 983. The van der Waals surface area contributed by atoms with Gasteiger partial charge < -0.3 is 5.32 Å². The van der Waals surface area contributed by atoms with Crippen molar-refractivity contribution in [3.63, 3.8) is 0 Å². The highest BCUT2D eigenvalue weighted by Crippen LogP contribution is 2.34. The number of rotatable bonds is 3. The zero-order chi connectivity index (χ0) is 18.3. The van der Waals surface area contributed by atoms with Crippen LogP contribution in [-0.4, -0.2) is 25.5 Å². The molecule has 6 nitrogen and oxygen atoms in total. The molecule has 0 saturated carbocycles. The number of fused-ring (bicyclic) bond motifs is 1. The molecule has 7 heteroatoms. The van der Waals surface area contributed by atoms with Crippen molar-refractivity contribution in [2.24, 2.45) is 5.92 Å². The van der Waals surface area contributed by atoms with Crippen molar-refractivity contribution in [2.75, 3.05) is 5.32 Å². The molecular weight excluding hydrogens is 350 g/mol. The van der Waals surface area contributed by atoms with Gasteiger partial charge in [-0.3, -0.25) is 4.79 Å². The summed E-state index contributed by atoms with van der Waals surface area (Å²) in [6.45, 7) is 4.00. The van der Waals surface area contributed by atoms with Gasteiger partial charge in [0.1, 0.15) is 0 Å². The molecular formula is C19H18ClN5O. The molecule has 3 aromatic rings. The number of benzene rings is 1. The largest absolute Gasteiger partial charge is 0.338 e. The monoisotopic (exact) mass is 367 g/mol. The van der Waals surface area contributed by atoms with E-state index in [1.807, 2.05) is 25.1 Å². The number of nitrogens with one attached hydrogen (secondary N) is 1. The summed E-state index contributed by atoms with van der Waals surface area (Å²) in [5, 5.41) is 8.58. The Labute approximate surface area is 156 Å². The van der Waals surface area contributed by atoms with Crippen LogP contribution in [0, 0.1) is 12.8 Å². The molecule has 0 radical (unpaired) electrons. The van der Waals surface area contributed by atoms with E-state index in [0.29, 0.717) is 28.8 Å². The molecule has 0 spiro atoms. The third-order valence-electron chi connectivity index (χ3n) is 4.60. The van der Waals surface area contributed by atoms with E-state index in [9.17, 15) is 4.79 Å². The summed E-state index contributed by atoms with van der Waals surface area (Å²) >= 11 is 6.22. The summed E-state index contributed by atoms with van der Waals surface area (Å²) in [6, 6.07) is 7.37. The fraction of sp³-hybridized carbons (Fsp3) is 0.263. The Morgan fingerprint density at radius 1 is 1.19 bits per heavy atom. The molecule has 1 aromatic carbocycles. The average molecular weight is 368 g/mol. The molecule has 132 valence electrons. The van der Waals surface area contributed by atoms with Crippen LogP contribution in [0.4, 0.5) is 11.5 Å². The Morgan fingerprint density at radius 3 is 2.73 bits per heavy atom. The number of carbonyl (C=O) groups is 1. The molecule has 2 heterocycles. The van der Waals surface area contributed by atoms with E-state index in [-0.39, 0.29) is 11.7 Å². The molecule has 0 aliphatic heterocycles. The second kappa shape index (κ2) is 6.53. The van der Waals surface area contributed by atoms with Gasteiger partial charge >= 0.3 is 0 Å². The number of hydrogen-bond acceptors (Lipinski definition) is 5. The Hall–Kier alpha value is -2.73. The van der Waals surface area contributed by atoms with E-state index in [0.717, 1.165) is 23.4 Å². The van der Waals surface area contributed by atoms with Crippen LogP contribution in [0.5, 0.6) is 0 Å². The summed E-state index contributed by atoms with van der Waals surface area (Å²) in [6.07, 6.45) is 4.59. The van der Waals surface area contributed by atoms with E-state index in [1.165, 1.54) is 0 Å². The minimum atomic E-state index is 0.0862. The maximum atomic E-state index is 12.7. The van der Waals surface area contributed by atoms with Gasteiger partial charge in [-0.25, -0.2) is 14.6 Å². The smallest absolute Gasteiger partial charge is 0.250 e. The Kier molecular flexibility index (Phi) is 4.20. The molecule has 0 saturated heterocycles. The number of carbonyl (C=O) groups excluding carboxylic acids is 1. The lowest BCUT2D eigenvalue weighted by molar-refractivity contribution is 0.0953. The first-order valence-electron chi connectivity index (χ1n) is 8.49. The van der Waals surface area contributed by atoms with Crippen LogP contribution < -0.4 is 5.32 Å². The molecule has 0 bridgehead atoms. The normalized spacial score (nSPS) is 16.4. The Morgan fingerprint density at radius 2 is 1.96 bits per heavy atom. The summed E-state index contributed by atoms with van der Waals surface area (Å²) in [7, 11) is 0. The van der Waals surface area contributed by atoms with E-state index in [1.54, 1.807) is 23.1 Å². The minimum Gasteiger partial charge on any atom is -0.338 e. The van der Waals surface area contributed by atoms with Crippen molar-refractivity contribution in [2.45, 2.75) is 26.7 Å². The van der Waals surface area contributed by atoms with Crippen LogP contribution >= 0.6 is 11.6 Å². The Balaban J connectivity index is 1.85. The van der Waals surface area contributed by atoms with Gasteiger partial charge in [-0.2, -0.15) is 0 Å². The molecule has 1 unspecified atom stereocenters. The fourth-order valence-electron chi connectivity index (χ4n) is 3.28. The van der Waals surface area contributed by atoms with Crippen LogP contribution in [0.1, 0.15) is 35.0 Å². The zero-order valence-electron chi connectivity index (χ0n) is 14.5. The summed E-state index contributed by atoms with van der Waals surface area (Å²) in [5.41, 5.74) is 3.20. The van der Waals surface area contributed by atoms with Crippen molar-refractivity contribution < 1.29 is 4.79 Å². The first-order chi connectivity index (χ1) is 12.5. The van der Waals surface area contributed by atoms with Gasteiger partial charge in [-0.1, -0.05) is 24.6 Å². The lowest BCUT2D eigenvalue weighted by Gasteiger charge is -2.18. The van der Waals surface area contributed by atoms with Gasteiger partial charge in [0.15, 0.2) is 11.6 Å². The third kappa shape index (κ3) is 2.86. The number of hydrogen-bond donors (Lipinski definition) is 1. The zero-order valence-corrected chi connectivity index (χ0v) is 15.3. The maximum absolute atomic E-state index is 12.7. The second-order valence-electron chi connectivity index (χ2n) is 6.60. The van der Waals surface area contributed by atoms with Gasteiger partial charge in [-0.15, -0.1) is 5.10 Å². The highest BCUT2D eigenvalue weighted by molar-refractivity contribution is 6.31. The molecule has 0 fully saturated rings. The van der Waals surface area contributed by atoms with Crippen LogP contribution in [0.25, 0.3) is 5.95 Å². The standard InChI is InChI=1S/C19H18ClN5O/c1-11-9-15-17(16(26)10-11)18(23-14-6-3-5-13(20)12(14)2)24-25(15)19-21-7-4-8-22-19/h3-8,11H,9-10H2,1-2H3,(H,23,24). The van der Waals surface area contributed by atoms with Crippen molar-refractivity contribution in [3.05, 3.63) is 58.5 Å². The molecule has 4 rings (SSSR count). The van der Waals surface area contributed by atoms with Gasteiger partial charge in [0.05, 0.1) is 11.3 Å². The van der Waals surface area contributed by atoms with Gasteiger partial charge in [0, 0.05) is 29.5 Å². The number of ketones is 1. The molecule has 0 amide bonds.